The Labute approximate surface area is 99.6 Å². The highest BCUT2D eigenvalue weighted by molar-refractivity contribution is 6.33. The summed E-state index contributed by atoms with van der Waals surface area (Å²) >= 11 is 6.16. The fraction of sp³-hybridized carbons (Fsp3) is 0.250. The number of H-pyrrole nitrogens is 1. The number of aromatic nitrogens is 2. The average Bonchev–Trinajstić information content (AvgIpc) is 2.61. The number of hydrogen-bond acceptors (Lipinski definition) is 2. The van der Waals surface area contributed by atoms with Crippen LogP contribution in [0.5, 0.6) is 0 Å². The van der Waals surface area contributed by atoms with Gasteiger partial charge >= 0.3 is 0 Å². The Balaban J connectivity index is 2.61. The summed E-state index contributed by atoms with van der Waals surface area (Å²) in [6.45, 7) is 4.17. The summed E-state index contributed by atoms with van der Waals surface area (Å²) in [7, 11) is 0. The van der Waals surface area contributed by atoms with Crippen molar-refractivity contribution < 1.29 is 0 Å². The summed E-state index contributed by atoms with van der Waals surface area (Å²) in [5, 5.41) is 7.70. The monoisotopic (exact) mass is 235 g/mol. The Morgan fingerprint density at radius 1 is 1.31 bits per heavy atom. The molecule has 0 aliphatic carbocycles. The number of hydrogen-bond donors (Lipinski definition) is 2. The molecule has 2 aromatic rings. The van der Waals surface area contributed by atoms with E-state index in [4.69, 9.17) is 17.3 Å². The second-order valence-corrected chi connectivity index (χ2v) is 4.44. The van der Waals surface area contributed by atoms with Gasteiger partial charge in [0.1, 0.15) is 5.82 Å². The first-order valence-corrected chi connectivity index (χ1v) is 5.57. The third-order valence-corrected chi connectivity index (χ3v) is 2.88. The number of nitrogens with zero attached hydrogens (tertiary/aromatic N) is 1. The summed E-state index contributed by atoms with van der Waals surface area (Å²) in [6.07, 6.45) is 0. The van der Waals surface area contributed by atoms with Crippen LogP contribution in [0.1, 0.15) is 25.3 Å². The largest absolute Gasteiger partial charge is 0.382 e. The maximum atomic E-state index is 6.16. The minimum atomic E-state index is 0.310. The van der Waals surface area contributed by atoms with Gasteiger partial charge in [0.25, 0.3) is 0 Å². The molecule has 4 heteroatoms. The van der Waals surface area contributed by atoms with Crippen molar-refractivity contribution in [2.24, 2.45) is 0 Å². The molecular weight excluding hydrogens is 222 g/mol. The van der Waals surface area contributed by atoms with Crippen LogP contribution in [-0.4, -0.2) is 10.2 Å². The topological polar surface area (TPSA) is 54.7 Å². The summed E-state index contributed by atoms with van der Waals surface area (Å²) in [6, 6.07) is 7.67. The Morgan fingerprint density at radius 2 is 2.00 bits per heavy atom. The van der Waals surface area contributed by atoms with E-state index >= 15 is 0 Å². The molecule has 0 bridgehead atoms. The first-order valence-electron chi connectivity index (χ1n) is 5.20. The molecule has 3 N–H and O–H groups in total. The van der Waals surface area contributed by atoms with Gasteiger partial charge in [-0.05, 0) is 12.0 Å². The average molecular weight is 236 g/mol. The molecule has 0 amide bonds. The van der Waals surface area contributed by atoms with Gasteiger partial charge in [0, 0.05) is 16.1 Å². The van der Waals surface area contributed by atoms with Gasteiger partial charge in [-0.3, -0.25) is 5.10 Å². The molecule has 0 unspecified atom stereocenters. The lowest BCUT2D eigenvalue weighted by molar-refractivity contribution is 0.873. The van der Waals surface area contributed by atoms with Gasteiger partial charge in [-0.1, -0.05) is 43.6 Å². The molecule has 1 heterocycles. The number of anilines is 1. The zero-order valence-corrected chi connectivity index (χ0v) is 10.0. The number of halogens is 1. The minimum Gasteiger partial charge on any atom is -0.382 e. The lowest BCUT2D eigenvalue weighted by Gasteiger charge is -2.08. The number of nitrogens with one attached hydrogen (secondary N) is 1. The second kappa shape index (κ2) is 4.18. The zero-order valence-electron chi connectivity index (χ0n) is 9.29. The Kier molecular flexibility index (Phi) is 2.88. The van der Waals surface area contributed by atoms with Gasteiger partial charge in [0.2, 0.25) is 0 Å². The number of nitrogens with two attached hydrogens (primary N) is 1. The van der Waals surface area contributed by atoms with E-state index in [1.54, 1.807) is 0 Å². The van der Waals surface area contributed by atoms with E-state index in [1.807, 2.05) is 24.3 Å². The van der Waals surface area contributed by atoms with E-state index < -0.39 is 0 Å². The van der Waals surface area contributed by atoms with E-state index in [9.17, 15) is 0 Å². The number of rotatable bonds is 2. The number of nitrogen functional groups attached to an aromatic ring is 1. The summed E-state index contributed by atoms with van der Waals surface area (Å²) in [4.78, 5) is 0. The van der Waals surface area contributed by atoms with Gasteiger partial charge in [-0.15, -0.1) is 0 Å². The van der Waals surface area contributed by atoms with Crippen LogP contribution >= 0.6 is 11.6 Å². The van der Waals surface area contributed by atoms with Crippen molar-refractivity contribution >= 4 is 17.4 Å². The van der Waals surface area contributed by atoms with Crippen molar-refractivity contribution in [3.05, 3.63) is 34.9 Å². The standard InChI is InChI=1S/C12H14ClN3/c1-7(2)10-11(15-16-12(10)14)8-5-3-4-6-9(8)13/h3-7H,1-2H3,(H3,14,15,16). The molecule has 0 saturated carbocycles. The fourth-order valence-corrected chi connectivity index (χ4v) is 2.05. The molecule has 0 aliphatic heterocycles. The Hall–Kier alpha value is -1.48. The smallest absolute Gasteiger partial charge is 0.149 e. The van der Waals surface area contributed by atoms with Crippen molar-refractivity contribution in [1.29, 1.82) is 0 Å². The lowest BCUT2D eigenvalue weighted by atomic mass is 9.99. The van der Waals surface area contributed by atoms with Gasteiger partial charge < -0.3 is 5.73 Å². The molecule has 0 saturated heterocycles. The van der Waals surface area contributed by atoms with Crippen LogP contribution in [0.4, 0.5) is 5.82 Å². The van der Waals surface area contributed by atoms with Crippen LogP contribution in [0.25, 0.3) is 11.3 Å². The van der Waals surface area contributed by atoms with Crippen LogP contribution in [-0.2, 0) is 0 Å². The Bertz CT molecular complexity index is 503. The van der Waals surface area contributed by atoms with E-state index in [1.165, 1.54) is 0 Å². The van der Waals surface area contributed by atoms with Crippen LogP contribution in [0, 0.1) is 0 Å². The van der Waals surface area contributed by atoms with Gasteiger partial charge in [0.15, 0.2) is 0 Å². The molecular formula is C12H14ClN3. The third-order valence-electron chi connectivity index (χ3n) is 2.55. The van der Waals surface area contributed by atoms with Crippen molar-refractivity contribution in [2.45, 2.75) is 19.8 Å². The van der Waals surface area contributed by atoms with Gasteiger partial charge in [-0.25, -0.2) is 0 Å². The summed E-state index contributed by atoms with van der Waals surface area (Å²) in [5.74, 6) is 0.856. The van der Waals surface area contributed by atoms with Crippen molar-refractivity contribution in [2.75, 3.05) is 5.73 Å². The molecule has 0 radical (unpaired) electrons. The van der Waals surface area contributed by atoms with Crippen LogP contribution in [0.2, 0.25) is 5.02 Å². The van der Waals surface area contributed by atoms with Gasteiger partial charge in [0.05, 0.1) is 5.69 Å². The zero-order chi connectivity index (χ0) is 11.7. The molecule has 2 rings (SSSR count). The van der Waals surface area contributed by atoms with Crippen molar-refractivity contribution in [3.63, 3.8) is 0 Å². The molecule has 0 fully saturated rings. The molecule has 0 aliphatic rings. The van der Waals surface area contributed by atoms with Gasteiger partial charge in [-0.2, -0.15) is 5.10 Å². The summed E-state index contributed by atoms with van der Waals surface area (Å²) in [5.41, 5.74) is 8.72. The summed E-state index contributed by atoms with van der Waals surface area (Å²) < 4.78 is 0. The SMILES string of the molecule is CC(C)c1c(N)n[nH]c1-c1ccccc1Cl. The highest BCUT2D eigenvalue weighted by Gasteiger charge is 2.16. The van der Waals surface area contributed by atoms with Crippen molar-refractivity contribution in [1.82, 2.24) is 10.2 Å². The van der Waals surface area contributed by atoms with E-state index in [2.05, 4.69) is 24.0 Å². The quantitative estimate of drug-likeness (QED) is 0.838. The normalized spacial score (nSPS) is 11.0. The van der Waals surface area contributed by atoms with Crippen molar-refractivity contribution in [3.8, 4) is 11.3 Å². The predicted molar refractivity (Wildman–Crippen MR) is 67.5 cm³/mol. The second-order valence-electron chi connectivity index (χ2n) is 4.03. The van der Waals surface area contributed by atoms with Crippen LogP contribution in [0.3, 0.4) is 0 Å². The van der Waals surface area contributed by atoms with E-state index in [-0.39, 0.29) is 0 Å². The van der Waals surface area contributed by atoms with E-state index in [0.29, 0.717) is 16.8 Å². The van der Waals surface area contributed by atoms with Crippen LogP contribution < -0.4 is 5.73 Å². The first-order chi connectivity index (χ1) is 7.61. The fourth-order valence-electron chi connectivity index (χ4n) is 1.82. The minimum absolute atomic E-state index is 0.310. The number of benzene rings is 1. The van der Waals surface area contributed by atoms with E-state index in [0.717, 1.165) is 16.8 Å². The molecule has 16 heavy (non-hydrogen) atoms. The Morgan fingerprint density at radius 3 is 2.62 bits per heavy atom. The highest BCUT2D eigenvalue weighted by atomic mass is 35.5. The lowest BCUT2D eigenvalue weighted by Crippen LogP contribution is -1.95. The molecule has 3 nitrogen and oxygen atoms in total. The molecule has 0 atom stereocenters. The first kappa shape index (κ1) is 11.0. The maximum Gasteiger partial charge on any atom is 0.149 e. The number of aromatic amines is 1. The maximum absolute atomic E-state index is 6.16. The molecule has 84 valence electrons. The molecule has 0 spiro atoms. The molecule has 1 aromatic carbocycles. The third kappa shape index (κ3) is 1.78. The van der Waals surface area contributed by atoms with Crippen LogP contribution in [0.15, 0.2) is 24.3 Å². The highest BCUT2D eigenvalue weighted by Crippen LogP contribution is 2.34. The molecule has 1 aromatic heterocycles. The predicted octanol–water partition coefficient (Wildman–Crippen LogP) is 3.44.